The van der Waals surface area contributed by atoms with Gasteiger partial charge in [-0.3, -0.25) is 19.9 Å². The number of carbonyl (C=O) groups is 3. The SMILES string of the molecule is N=CN(CCNC=O)c1ccc(N2CC(CNC(=O)C(F)F)OC2=O)cc1F. The maximum atomic E-state index is 14.5. The molecule has 1 unspecified atom stereocenters. The lowest BCUT2D eigenvalue weighted by molar-refractivity contribution is -0.132. The minimum absolute atomic E-state index is 0.0569. The van der Waals surface area contributed by atoms with Gasteiger partial charge in [0, 0.05) is 13.1 Å². The van der Waals surface area contributed by atoms with Crippen LogP contribution in [0.3, 0.4) is 0 Å². The molecular weight excluding hydrogens is 383 g/mol. The van der Waals surface area contributed by atoms with Gasteiger partial charge in [-0.25, -0.2) is 9.18 Å². The summed E-state index contributed by atoms with van der Waals surface area (Å²) in [6, 6.07) is 3.86. The Hall–Kier alpha value is -3.31. The number of hydrogen-bond acceptors (Lipinski definition) is 5. The molecule has 1 fully saturated rings. The van der Waals surface area contributed by atoms with E-state index in [0.717, 1.165) is 17.3 Å². The summed E-state index contributed by atoms with van der Waals surface area (Å²) in [5, 5.41) is 11.7. The van der Waals surface area contributed by atoms with Crippen molar-refractivity contribution in [1.29, 1.82) is 5.41 Å². The first-order chi connectivity index (χ1) is 13.4. The summed E-state index contributed by atoms with van der Waals surface area (Å²) in [4.78, 5) is 35.5. The largest absolute Gasteiger partial charge is 0.442 e. The van der Waals surface area contributed by atoms with Gasteiger partial charge in [-0.05, 0) is 18.2 Å². The summed E-state index contributed by atoms with van der Waals surface area (Å²) in [5.41, 5.74) is 0.240. The van der Waals surface area contributed by atoms with Crippen molar-refractivity contribution in [2.75, 3.05) is 36.0 Å². The molecule has 1 saturated heterocycles. The average molecular weight is 401 g/mol. The van der Waals surface area contributed by atoms with Crippen LogP contribution in [0.4, 0.5) is 29.3 Å². The fraction of sp³-hybridized carbons (Fsp3) is 0.375. The highest BCUT2D eigenvalue weighted by Crippen LogP contribution is 2.27. The first-order valence-electron chi connectivity index (χ1n) is 8.15. The van der Waals surface area contributed by atoms with Gasteiger partial charge in [0.1, 0.15) is 11.9 Å². The summed E-state index contributed by atoms with van der Waals surface area (Å²) >= 11 is 0. The van der Waals surface area contributed by atoms with Gasteiger partial charge in [0.15, 0.2) is 0 Å². The van der Waals surface area contributed by atoms with Gasteiger partial charge in [0.05, 0.1) is 30.8 Å². The Morgan fingerprint density at radius 3 is 2.82 bits per heavy atom. The summed E-state index contributed by atoms with van der Waals surface area (Å²) in [6.07, 6.45) is -3.45. The first-order valence-corrected chi connectivity index (χ1v) is 8.15. The van der Waals surface area contributed by atoms with Crippen LogP contribution in [-0.4, -0.2) is 63.5 Å². The summed E-state index contributed by atoms with van der Waals surface area (Å²) in [7, 11) is 0. The fourth-order valence-electron chi connectivity index (χ4n) is 2.53. The van der Waals surface area contributed by atoms with Gasteiger partial charge < -0.3 is 20.3 Å². The first kappa shape index (κ1) is 21.0. The van der Waals surface area contributed by atoms with Crippen molar-refractivity contribution in [2.24, 2.45) is 0 Å². The third-order valence-corrected chi connectivity index (χ3v) is 3.86. The standard InChI is InChI=1S/C16H18F3N5O4/c17-12-5-10(1-2-13(12)23(8-20)4-3-21-9-25)24-7-11(28-16(24)27)6-22-15(26)14(18)19/h1-2,5,8-9,11,14,20H,3-4,6-7H2,(H,21,25)(H,22,26). The Balaban J connectivity index is 2.04. The van der Waals surface area contributed by atoms with Crippen LogP contribution >= 0.6 is 0 Å². The van der Waals surface area contributed by atoms with Crippen molar-refractivity contribution in [3.8, 4) is 0 Å². The molecule has 0 saturated carbocycles. The fourth-order valence-corrected chi connectivity index (χ4v) is 2.53. The van der Waals surface area contributed by atoms with E-state index in [1.807, 2.05) is 5.32 Å². The molecule has 0 spiro atoms. The van der Waals surface area contributed by atoms with Crippen LogP contribution in [0.5, 0.6) is 0 Å². The molecule has 1 atom stereocenters. The quantitative estimate of drug-likeness (QED) is 0.231. The van der Waals surface area contributed by atoms with Crippen LogP contribution in [0.15, 0.2) is 18.2 Å². The molecule has 0 bridgehead atoms. The van der Waals surface area contributed by atoms with Crippen molar-refractivity contribution < 1.29 is 32.3 Å². The lowest BCUT2D eigenvalue weighted by Gasteiger charge is -2.21. The second-order valence-corrected chi connectivity index (χ2v) is 5.69. The molecule has 1 aliphatic heterocycles. The van der Waals surface area contributed by atoms with Crippen molar-refractivity contribution >= 4 is 36.1 Å². The molecule has 1 aliphatic rings. The topological polar surface area (TPSA) is 115 Å². The van der Waals surface area contributed by atoms with Gasteiger partial charge in [-0.15, -0.1) is 0 Å². The van der Waals surface area contributed by atoms with E-state index >= 15 is 0 Å². The zero-order valence-corrected chi connectivity index (χ0v) is 14.5. The van der Waals surface area contributed by atoms with Gasteiger partial charge in [-0.2, -0.15) is 8.78 Å². The molecule has 0 radical (unpaired) electrons. The molecule has 2 rings (SSSR count). The van der Waals surface area contributed by atoms with E-state index in [0.29, 0.717) is 6.41 Å². The second kappa shape index (κ2) is 9.58. The number of carbonyl (C=O) groups excluding carboxylic acids is 3. The van der Waals surface area contributed by atoms with Crippen molar-refractivity contribution in [3.05, 3.63) is 24.0 Å². The lowest BCUT2D eigenvalue weighted by Crippen LogP contribution is -2.37. The summed E-state index contributed by atoms with van der Waals surface area (Å²) in [5.74, 6) is -2.19. The molecule has 1 heterocycles. The lowest BCUT2D eigenvalue weighted by atomic mass is 10.2. The number of nitrogens with one attached hydrogen (secondary N) is 3. The van der Waals surface area contributed by atoms with Crippen LogP contribution in [0.25, 0.3) is 0 Å². The molecule has 3 amide bonds. The second-order valence-electron chi connectivity index (χ2n) is 5.69. The van der Waals surface area contributed by atoms with Gasteiger partial charge in [0.25, 0.3) is 5.91 Å². The van der Waals surface area contributed by atoms with Gasteiger partial charge in [0.2, 0.25) is 6.41 Å². The van der Waals surface area contributed by atoms with Crippen molar-refractivity contribution in [3.63, 3.8) is 0 Å². The molecule has 12 heteroatoms. The maximum absolute atomic E-state index is 14.5. The summed E-state index contributed by atoms with van der Waals surface area (Å²) in [6.45, 7) is 0.0106. The molecule has 1 aromatic carbocycles. The molecule has 3 N–H and O–H groups in total. The van der Waals surface area contributed by atoms with Crippen molar-refractivity contribution in [1.82, 2.24) is 10.6 Å². The molecular formula is C16H18F3N5O4. The zero-order valence-electron chi connectivity index (χ0n) is 14.5. The summed E-state index contributed by atoms with van der Waals surface area (Å²) < 4.78 is 43.8. The number of hydrogen-bond donors (Lipinski definition) is 3. The number of rotatable bonds is 10. The van der Waals surface area contributed by atoms with Gasteiger partial charge in [-0.1, -0.05) is 0 Å². The van der Waals surface area contributed by atoms with Crippen LogP contribution in [0, 0.1) is 11.2 Å². The Morgan fingerprint density at radius 1 is 1.46 bits per heavy atom. The van der Waals surface area contributed by atoms with E-state index in [9.17, 15) is 27.6 Å². The van der Waals surface area contributed by atoms with E-state index in [2.05, 4.69) is 5.32 Å². The van der Waals surface area contributed by atoms with Crippen molar-refractivity contribution in [2.45, 2.75) is 12.5 Å². The molecule has 28 heavy (non-hydrogen) atoms. The van der Waals surface area contributed by atoms with E-state index in [-0.39, 0.29) is 37.6 Å². The Kier molecular flexibility index (Phi) is 7.18. The minimum atomic E-state index is -3.17. The Labute approximate surface area is 157 Å². The Morgan fingerprint density at radius 2 is 2.21 bits per heavy atom. The highest BCUT2D eigenvalue weighted by atomic mass is 19.3. The number of alkyl halides is 2. The molecule has 1 aromatic rings. The maximum Gasteiger partial charge on any atom is 0.414 e. The number of benzene rings is 1. The van der Waals surface area contributed by atoms with E-state index in [1.54, 1.807) is 0 Å². The highest BCUT2D eigenvalue weighted by molar-refractivity contribution is 5.90. The number of halogens is 3. The third-order valence-electron chi connectivity index (χ3n) is 3.86. The smallest absolute Gasteiger partial charge is 0.414 e. The predicted octanol–water partition coefficient (Wildman–Crippen LogP) is 0.692. The van der Waals surface area contributed by atoms with Gasteiger partial charge >= 0.3 is 12.5 Å². The molecule has 152 valence electrons. The van der Waals surface area contributed by atoms with Crippen LogP contribution < -0.4 is 20.4 Å². The molecule has 9 nitrogen and oxygen atoms in total. The predicted molar refractivity (Wildman–Crippen MR) is 93.2 cm³/mol. The average Bonchev–Trinajstić information content (AvgIpc) is 3.04. The normalized spacial score (nSPS) is 15.9. The van der Waals surface area contributed by atoms with Crippen LogP contribution in [-0.2, 0) is 14.3 Å². The van der Waals surface area contributed by atoms with E-state index in [4.69, 9.17) is 10.1 Å². The minimum Gasteiger partial charge on any atom is -0.442 e. The number of cyclic esters (lactones) is 1. The monoisotopic (exact) mass is 401 g/mol. The number of nitrogens with zero attached hydrogens (tertiary/aromatic N) is 2. The number of anilines is 2. The zero-order chi connectivity index (χ0) is 20.7. The molecule has 0 aromatic heterocycles. The van der Waals surface area contributed by atoms with E-state index < -0.39 is 30.3 Å². The number of amides is 3. The van der Waals surface area contributed by atoms with E-state index in [1.165, 1.54) is 17.0 Å². The van der Waals surface area contributed by atoms with Crippen LogP contribution in [0.2, 0.25) is 0 Å². The number of ether oxygens (including phenoxy) is 1. The third kappa shape index (κ3) is 5.11. The van der Waals surface area contributed by atoms with Crippen LogP contribution in [0.1, 0.15) is 0 Å². The highest BCUT2D eigenvalue weighted by Gasteiger charge is 2.33. The molecule has 0 aliphatic carbocycles. The Bertz CT molecular complexity index is 749.